The summed E-state index contributed by atoms with van der Waals surface area (Å²) in [4.78, 5) is 13.6. The van der Waals surface area contributed by atoms with E-state index in [2.05, 4.69) is 5.32 Å². The van der Waals surface area contributed by atoms with Crippen LogP contribution in [-0.4, -0.2) is 38.1 Å². The van der Waals surface area contributed by atoms with Crippen molar-refractivity contribution in [3.8, 4) is 5.75 Å². The normalized spacial score (nSPS) is 14.3. The molecule has 0 unspecified atom stereocenters. The Morgan fingerprint density at radius 1 is 1.41 bits per heavy atom. The second-order valence-electron chi connectivity index (χ2n) is 4.45. The van der Waals surface area contributed by atoms with Gasteiger partial charge in [-0.2, -0.15) is 0 Å². The Bertz CT molecular complexity index is 425. The average molecular weight is 234 g/mol. The molecule has 2 rings (SSSR count). The zero-order valence-electron chi connectivity index (χ0n) is 10.5. The maximum Gasteiger partial charge on any atom is 0.255 e. The van der Waals surface area contributed by atoms with Crippen molar-refractivity contribution in [1.29, 1.82) is 0 Å². The Morgan fingerprint density at radius 3 is 2.65 bits per heavy atom. The van der Waals surface area contributed by atoms with E-state index in [0.717, 1.165) is 24.3 Å². The van der Waals surface area contributed by atoms with Crippen molar-refractivity contribution < 1.29 is 9.53 Å². The lowest BCUT2D eigenvalue weighted by atomic mass is 10.1. The molecule has 1 saturated carbocycles. The van der Waals surface area contributed by atoms with E-state index in [1.54, 1.807) is 19.0 Å². The minimum absolute atomic E-state index is 0.0180. The molecule has 0 heterocycles. The van der Waals surface area contributed by atoms with Crippen molar-refractivity contribution in [3.05, 3.63) is 23.8 Å². The summed E-state index contributed by atoms with van der Waals surface area (Å²) in [6.45, 7) is 0. The SMILES string of the molecule is CNc1c(OC2CC2)cccc1C(=O)N(C)C. The van der Waals surface area contributed by atoms with Gasteiger partial charge in [-0.15, -0.1) is 0 Å². The fraction of sp³-hybridized carbons (Fsp3) is 0.462. The molecule has 92 valence electrons. The third kappa shape index (κ3) is 2.52. The first kappa shape index (κ1) is 11.8. The second-order valence-corrected chi connectivity index (χ2v) is 4.45. The van der Waals surface area contributed by atoms with E-state index in [9.17, 15) is 4.79 Å². The zero-order valence-corrected chi connectivity index (χ0v) is 10.5. The molecular formula is C13H18N2O2. The van der Waals surface area contributed by atoms with Crippen molar-refractivity contribution in [2.24, 2.45) is 0 Å². The molecule has 17 heavy (non-hydrogen) atoms. The third-order valence-electron chi connectivity index (χ3n) is 2.73. The molecule has 0 radical (unpaired) electrons. The predicted molar refractivity (Wildman–Crippen MR) is 67.7 cm³/mol. The standard InChI is InChI=1S/C13H18N2O2/c1-14-12-10(13(16)15(2)3)5-4-6-11(12)17-9-7-8-9/h4-6,9,14H,7-8H2,1-3H3. The van der Waals surface area contributed by atoms with Crippen LogP contribution in [-0.2, 0) is 0 Å². The highest BCUT2D eigenvalue weighted by molar-refractivity contribution is 6.00. The quantitative estimate of drug-likeness (QED) is 0.866. The molecule has 1 amide bonds. The van der Waals surface area contributed by atoms with Crippen LogP contribution in [0.1, 0.15) is 23.2 Å². The van der Waals surface area contributed by atoms with Crippen LogP contribution in [0.4, 0.5) is 5.69 Å². The largest absolute Gasteiger partial charge is 0.488 e. The summed E-state index contributed by atoms with van der Waals surface area (Å²) in [7, 11) is 5.30. The molecule has 1 fully saturated rings. The molecule has 1 aromatic carbocycles. The summed E-state index contributed by atoms with van der Waals surface area (Å²) in [5, 5.41) is 3.06. The number of amides is 1. The highest BCUT2D eigenvalue weighted by Gasteiger charge is 2.25. The van der Waals surface area contributed by atoms with Crippen molar-refractivity contribution in [3.63, 3.8) is 0 Å². The van der Waals surface area contributed by atoms with Gasteiger partial charge in [-0.25, -0.2) is 0 Å². The van der Waals surface area contributed by atoms with Gasteiger partial charge in [0, 0.05) is 21.1 Å². The fourth-order valence-corrected chi connectivity index (χ4v) is 1.67. The summed E-state index contributed by atoms with van der Waals surface area (Å²) in [5.41, 5.74) is 1.42. The van der Waals surface area contributed by atoms with Crippen molar-refractivity contribution in [2.75, 3.05) is 26.5 Å². The van der Waals surface area contributed by atoms with E-state index in [0.29, 0.717) is 11.7 Å². The van der Waals surface area contributed by atoms with Gasteiger partial charge >= 0.3 is 0 Å². The predicted octanol–water partition coefficient (Wildman–Crippen LogP) is 1.97. The fourth-order valence-electron chi connectivity index (χ4n) is 1.67. The molecule has 0 aliphatic heterocycles. The first-order valence-corrected chi connectivity index (χ1v) is 5.82. The van der Waals surface area contributed by atoms with Crippen molar-refractivity contribution >= 4 is 11.6 Å². The molecule has 1 aliphatic rings. The molecule has 0 atom stereocenters. The number of nitrogens with zero attached hydrogens (tertiary/aromatic N) is 1. The van der Waals surface area contributed by atoms with Crippen LogP contribution in [0.3, 0.4) is 0 Å². The van der Waals surface area contributed by atoms with Crippen LogP contribution < -0.4 is 10.1 Å². The van der Waals surface area contributed by atoms with Gasteiger partial charge in [0.25, 0.3) is 5.91 Å². The number of rotatable bonds is 4. The third-order valence-corrected chi connectivity index (χ3v) is 2.73. The first-order chi connectivity index (χ1) is 8.13. The Kier molecular flexibility index (Phi) is 3.22. The smallest absolute Gasteiger partial charge is 0.255 e. The summed E-state index contributed by atoms with van der Waals surface area (Å²) in [6, 6.07) is 5.57. The number of hydrogen-bond donors (Lipinski definition) is 1. The highest BCUT2D eigenvalue weighted by atomic mass is 16.5. The summed E-state index contributed by atoms with van der Waals surface area (Å²) in [6.07, 6.45) is 2.54. The molecule has 0 aromatic heterocycles. The lowest BCUT2D eigenvalue weighted by molar-refractivity contribution is 0.0828. The Hall–Kier alpha value is -1.71. The number of para-hydroxylation sites is 1. The van der Waals surface area contributed by atoms with Crippen LogP contribution in [0.2, 0.25) is 0 Å². The van der Waals surface area contributed by atoms with E-state index in [1.165, 1.54) is 0 Å². The lowest BCUT2D eigenvalue weighted by Gasteiger charge is -2.17. The van der Waals surface area contributed by atoms with Crippen molar-refractivity contribution in [1.82, 2.24) is 4.90 Å². The van der Waals surface area contributed by atoms with Crippen LogP contribution in [0.25, 0.3) is 0 Å². The van der Waals surface area contributed by atoms with Gasteiger partial charge < -0.3 is 15.0 Å². The topological polar surface area (TPSA) is 41.6 Å². The molecule has 1 N–H and O–H groups in total. The van der Waals surface area contributed by atoms with Gasteiger partial charge in [0.1, 0.15) is 5.75 Å². The Labute approximate surface area is 102 Å². The van der Waals surface area contributed by atoms with Crippen molar-refractivity contribution in [2.45, 2.75) is 18.9 Å². The number of benzene rings is 1. The minimum atomic E-state index is -0.0180. The van der Waals surface area contributed by atoms with Gasteiger partial charge in [0.15, 0.2) is 0 Å². The minimum Gasteiger partial charge on any atom is -0.488 e. The first-order valence-electron chi connectivity index (χ1n) is 5.82. The lowest BCUT2D eigenvalue weighted by Crippen LogP contribution is -2.23. The average Bonchev–Trinajstić information content (AvgIpc) is 3.11. The highest BCUT2D eigenvalue weighted by Crippen LogP contribution is 2.34. The number of ether oxygens (including phenoxy) is 1. The number of hydrogen-bond acceptors (Lipinski definition) is 3. The number of carbonyl (C=O) groups is 1. The number of anilines is 1. The Balaban J connectivity index is 2.33. The molecular weight excluding hydrogens is 216 g/mol. The molecule has 0 saturated heterocycles. The van der Waals surface area contributed by atoms with E-state index in [-0.39, 0.29) is 5.91 Å². The van der Waals surface area contributed by atoms with Crippen LogP contribution >= 0.6 is 0 Å². The molecule has 1 aromatic rings. The van der Waals surface area contributed by atoms with Gasteiger partial charge in [0.05, 0.1) is 17.4 Å². The zero-order chi connectivity index (χ0) is 12.4. The molecule has 0 spiro atoms. The number of carbonyl (C=O) groups excluding carboxylic acids is 1. The Morgan fingerprint density at radius 2 is 2.12 bits per heavy atom. The second kappa shape index (κ2) is 4.65. The van der Waals surface area contributed by atoms with Crippen LogP contribution in [0.15, 0.2) is 18.2 Å². The monoisotopic (exact) mass is 234 g/mol. The van der Waals surface area contributed by atoms with Gasteiger partial charge in [0.2, 0.25) is 0 Å². The maximum absolute atomic E-state index is 12.0. The molecule has 4 nitrogen and oxygen atoms in total. The maximum atomic E-state index is 12.0. The summed E-state index contributed by atoms with van der Waals surface area (Å²) in [5.74, 6) is 0.748. The summed E-state index contributed by atoms with van der Waals surface area (Å²) >= 11 is 0. The molecule has 4 heteroatoms. The van der Waals surface area contributed by atoms with Gasteiger partial charge in [-0.1, -0.05) is 6.07 Å². The van der Waals surface area contributed by atoms with Crippen LogP contribution in [0.5, 0.6) is 5.75 Å². The van der Waals surface area contributed by atoms with E-state index in [4.69, 9.17) is 4.74 Å². The number of nitrogens with one attached hydrogen (secondary N) is 1. The molecule has 0 bridgehead atoms. The van der Waals surface area contributed by atoms with E-state index in [1.807, 2.05) is 25.2 Å². The molecule has 1 aliphatic carbocycles. The van der Waals surface area contributed by atoms with Crippen LogP contribution in [0, 0.1) is 0 Å². The van der Waals surface area contributed by atoms with E-state index < -0.39 is 0 Å². The summed E-state index contributed by atoms with van der Waals surface area (Å²) < 4.78 is 5.78. The van der Waals surface area contributed by atoms with Gasteiger partial charge in [-0.3, -0.25) is 4.79 Å². The van der Waals surface area contributed by atoms with Gasteiger partial charge in [-0.05, 0) is 25.0 Å². The van der Waals surface area contributed by atoms with E-state index >= 15 is 0 Å².